The molecule has 1 atom stereocenters. The molecular formula is C24H24ClN3O. The smallest absolute Gasteiger partial charge is 0.191 e. The number of hydrogen-bond donors (Lipinski definition) is 2. The molecule has 0 amide bonds. The number of guanidine groups is 1. The van der Waals surface area contributed by atoms with Crippen molar-refractivity contribution >= 4 is 17.6 Å². The van der Waals surface area contributed by atoms with Gasteiger partial charge in [-0.25, -0.2) is 4.99 Å². The topological polar surface area (TPSA) is 61.8 Å². The van der Waals surface area contributed by atoms with Crippen LogP contribution in [0.5, 0.6) is 5.75 Å². The molecule has 1 heterocycles. The van der Waals surface area contributed by atoms with Crippen LogP contribution in [0.3, 0.4) is 0 Å². The van der Waals surface area contributed by atoms with Crippen molar-refractivity contribution in [1.29, 1.82) is 0 Å². The highest BCUT2D eigenvalue weighted by molar-refractivity contribution is 6.33. The fourth-order valence-corrected chi connectivity index (χ4v) is 4.08. The quantitative estimate of drug-likeness (QED) is 0.625. The molecule has 1 aliphatic rings. The Morgan fingerprint density at radius 2 is 1.69 bits per heavy atom. The normalized spacial score (nSPS) is 19.1. The van der Waals surface area contributed by atoms with Gasteiger partial charge in [0, 0.05) is 24.2 Å². The van der Waals surface area contributed by atoms with Crippen molar-refractivity contribution in [2.24, 2.45) is 10.7 Å². The minimum absolute atomic E-state index is 0.233. The number of phenols is 1. The molecule has 148 valence electrons. The summed E-state index contributed by atoms with van der Waals surface area (Å²) >= 11 is 6.50. The van der Waals surface area contributed by atoms with Gasteiger partial charge in [-0.15, -0.1) is 0 Å². The first-order valence-electron chi connectivity index (χ1n) is 9.63. The zero-order chi connectivity index (χ0) is 20.6. The molecule has 0 aliphatic carbocycles. The molecule has 0 spiro atoms. The number of nitrogens with two attached hydrogens (primary N) is 1. The predicted octanol–water partition coefficient (Wildman–Crippen LogP) is 5.25. The summed E-state index contributed by atoms with van der Waals surface area (Å²) < 4.78 is 0. The van der Waals surface area contributed by atoms with Gasteiger partial charge < -0.3 is 15.7 Å². The summed E-state index contributed by atoms with van der Waals surface area (Å²) in [6, 6.07) is 21.5. The lowest BCUT2D eigenvalue weighted by molar-refractivity contribution is 0.339. The van der Waals surface area contributed by atoms with Crippen molar-refractivity contribution in [3.8, 4) is 28.0 Å². The summed E-state index contributed by atoms with van der Waals surface area (Å²) in [4.78, 5) is 6.81. The second-order valence-corrected chi connectivity index (χ2v) is 8.11. The number of benzene rings is 3. The van der Waals surface area contributed by atoms with Gasteiger partial charge in [0.1, 0.15) is 5.75 Å². The Balaban J connectivity index is 1.83. The van der Waals surface area contributed by atoms with Crippen LogP contribution in [0.1, 0.15) is 18.9 Å². The Hall–Kier alpha value is -2.98. The third kappa shape index (κ3) is 3.68. The first kappa shape index (κ1) is 19.3. The van der Waals surface area contributed by atoms with E-state index in [2.05, 4.69) is 25.1 Å². The van der Waals surface area contributed by atoms with Crippen LogP contribution in [0.25, 0.3) is 22.3 Å². The van der Waals surface area contributed by atoms with Gasteiger partial charge in [-0.05, 0) is 59.9 Å². The molecule has 0 saturated carbocycles. The van der Waals surface area contributed by atoms with Crippen LogP contribution in [0.2, 0.25) is 5.02 Å². The third-order valence-corrected chi connectivity index (χ3v) is 5.98. The van der Waals surface area contributed by atoms with Crippen molar-refractivity contribution < 1.29 is 5.11 Å². The lowest BCUT2D eigenvalue weighted by Crippen LogP contribution is -2.44. The van der Waals surface area contributed by atoms with E-state index in [-0.39, 0.29) is 11.3 Å². The van der Waals surface area contributed by atoms with Crippen molar-refractivity contribution in [3.05, 3.63) is 77.3 Å². The van der Waals surface area contributed by atoms with Gasteiger partial charge in [-0.1, -0.05) is 54.1 Å². The zero-order valence-corrected chi connectivity index (χ0v) is 17.3. The monoisotopic (exact) mass is 405 g/mol. The average Bonchev–Trinajstić information content (AvgIpc) is 2.72. The molecule has 0 fully saturated rings. The van der Waals surface area contributed by atoms with Crippen LogP contribution in [-0.4, -0.2) is 29.6 Å². The van der Waals surface area contributed by atoms with Crippen LogP contribution < -0.4 is 5.73 Å². The molecule has 0 bridgehead atoms. The molecule has 0 radical (unpaired) electrons. The van der Waals surface area contributed by atoms with Gasteiger partial charge in [0.25, 0.3) is 0 Å². The van der Waals surface area contributed by atoms with E-state index >= 15 is 0 Å². The van der Waals surface area contributed by atoms with Crippen molar-refractivity contribution in [3.63, 3.8) is 0 Å². The summed E-state index contributed by atoms with van der Waals surface area (Å²) in [6.45, 7) is 3.00. The lowest BCUT2D eigenvalue weighted by Gasteiger charge is -2.36. The van der Waals surface area contributed by atoms with Crippen LogP contribution >= 0.6 is 11.6 Å². The van der Waals surface area contributed by atoms with Gasteiger partial charge in [0.2, 0.25) is 0 Å². The molecule has 3 aromatic rings. The maximum Gasteiger partial charge on any atom is 0.191 e. The SMILES string of the molecule is CN1CCC(C)(c2ccccc2-c2ccc(Cl)c(-c3ccc(O)cc3)c2)N=C1N. The van der Waals surface area contributed by atoms with E-state index in [0.29, 0.717) is 11.0 Å². The van der Waals surface area contributed by atoms with E-state index in [1.165, 1.54) is 0 Å². The highest BCUT2D eigenvalue weighted by Gasteiger charge is 2.33. The highest BCUT2D eigenvalue weighted by atomic mass is 35.5. The van der Waals surface area contributed by atoms with E-state index in [4.69, 9.17) is 22.3 Å². The second kappa shape index (κ2) is 7.45. The Labute approximate surface area is 176 Å². The second-order valence-electron chi connectivity index (χ2n) is 7.70. The molecule has 4 rings (SSSR count). The maximum atomic E-state index is 9.60. The number of nitrogens with zero attached hydrogens (tertiary/aromatic N) is 2. The van der Waals surface area contributed by atoms with Crippen molar-refractivity contribution in [2.75, 3.05) is 13.6 Å². The number of hydrogen-bond acceptors (Lipinski definition) is 4. The van der Waals surface area contributed by atoms with Crippen LogP contribution in [-0.2, 0) is 5.54 Å². The average molecular weight is 406 g/mol. The fourth-order valence-electron chi connectivity index (χ4n) is 3.85. The predicted molar refractivity (Wildman–Crippen MR) is 120 cm³/mol. The molecule has 4 nitrogen and oxygen atoms in total. The number of halogens is 1. The van der Waals surface area contributed by atoms with E-state index in [9.17, 15) is 5.11 Å². The first-order chi connectivity index (χ1) is 13.9. The van der Waals surface area contributed by atoms with Gasteiger partial charge in [-0.2, -0.15) is 0 Å². The van der Waals surface area contributed by atoms with Gasteiger partial charge >= 0.3 is 0 Å². The van der Waals surface area contributed by atoms with Gasteiger partial charge in [0.05, 0.1) is 5.54 Å². The number of aliphatic imine (C=N–C) groups is 1. The van der Waals surface area contributed by atoms with Crippen molar-refractivity contribution in [1.82, 2.24) is 4.90 Å². The minimum Gasteiger partial charge on any atom is -0.508 e. The maximum absolute atomic E-state index is 9.60. The van der Waals surface area contributed by atoms with Crippen LogP contribution in [0.4, 0.5) is 0 Å². The Morgan fingerprint density at radius 3 is 2.41 bits per heavy atom. The summed E-state index contributed by atoms with van der Waals surface area (Å²) in [7, 11) is 1.97. The van der Waals surface area contributed by atoms with E-state index < -0.39 is 0 Å². The lowest BCUT2D eigenvalue weighted by atomic mass is 9.82. The van der Waals surface area contributed by atoms with E-state index in [1.807, 2.05) is 48.3 Å². The molecule has 1 unspecified atom stereocenters. The van der Waals surface area contributed by atoms with Gasteiger partial charge in [-0.3, -0.25) is 0 Å². The zero-order valence-electron chi connectivity index (χ0n) is 16.6. The number of rotatable bonds is 3. The Morgan fingerprint density at radius 1 is 1.00 bits per heavy atom. The molecule has 0 aromatic heterocycles. The van der Waals surface area contributed by atoms with E-state index in [0.717, 1.165) is 40.8 Å². The van der Waals surface area contributed by atoms with Crippen LogP contribution in [0, 0.1) is 0 Å². The summed E-state index contributed by atoms with van der Waals surface area (Å²) in [5.41, 5.74) is 11.0. The molecule has 3 N–H and O–H groups in total. The van der Waals surface area contributed by atoms with Gasteiger partial charge in [0.15, 0.2) is 5.96 Å². The van der Waals surface area contributed by atoms with Crippen molar-refractivity contribution in [2.45, 2.75) is 18.9 Å². The molecule has 0 saturated heterocycles. The largest absolute Gasteiger partial charge is 0.508 e. The highest BCUT2D eigenvalue weighted by Crippen LogP contribution is 2.40. The molecule has 5 heteroatoms. The summed E-state index contributed by atoms with van der Waals surface area (Å²) in [5.74, 6) is 0.798. The standard InChI is InChI=1S/C24H24ClN3O/c1-24(13-14-28(2)23(26)27-24)21-6-4-3-5-19(21)17-9-12-22(25)20(15-17)16-7-10-18(29)11-8-16/h3-12,15,29H,13-14H2,1-2H3,(H2,26,27). The summed E-state index contributed by atoms with van der Waals surface area (Å²) in [6.07, 6.45) is 0.889. The molecular weight excluding hydrogens is 382 g/mol. The fraction of sp³-hybridized carbons (Fsp3) is 0.208. The Bertz CT molecular complexity index is 1080. The van der Waals surface area contributed by atoms with Crippen LogP contribution in [0.15, 0.2) is 71.7 Å². The van der Waals surface area contributed by atoms with E-state index in [1.54, 1.807) is 12.1 Å². The summed E-state index contributed by atoms with van der Waals surface area (Å²) in [5, 5.41) is 10.3. The number of aromatic hydroxyl groups is 1. The molecule has 1 aliphatic heterocycles. The molecule has 3 aromatic carbocycles. The third-order valence-electron chi connectivity index (χ3n) is 5.65. The molecule has 29 heavy (non-hydrogen) atoms. The minimum atomic E-state index is -0.383. The Kier molecular flexibility index (Phi) is 4.97. The number of phenolic OH excluding ortho intramolecular Hbond substituents is 1. The first-order valence-corrected chi connectivity index (χ1v) is 10.0.